The first kappa shape index (κ1) is 17.8. The molecule has 0 radical (unpaired) electrons. The van der Waals surface area contributed by atoms with Crippen LogP contribution in [0.25, 0.3) is 0 Å². The van der Waals surface area contributed by atoms with Crippen molar-refractivity contribution >= 4 is 17.3 Å². The molecule has 0 aromatic heterocycles. The van der Waals surface area contributed by atoms with Gasteiger partial charge in [-0.2, -0.15) is 0 Å². The van der Waals surface area contributed by atoms with Crippen molar-refractivity contribution in [3.8, 4) is 5.75 Å². The summed E-state index contributed by atoms with van der Waals surface area (Å²) in [5, 5.41) is 12.0. The Morgan fingerprint density at radius 3 is 2.62 bits per heavy atom. The zero-order valence-electron chi connectivity index (χ0n) is 14.5. The van der Waals surface area contributed by atoms with E-state index in [1.54, 1.807) is 31.2 Å². The summed E-state index contributed by atoms with van der Waals surface area (Å²) in [6.45, 7) is 3.60. The van der Waals surface area contributed by atoms with Crippen LogP contribution < -0.4 is 15.0 Å². The number of anilines is 2. The fraction of sp³-hybridized carbons (Fsp3) is 0.316. The van der Waals surface area contributed by atoms with Crippen molar-refractivity contribution in [2.45, 2.75) is 26.6 Å². The maximum Gasteiger partial charge on any atom is 0.265 e. The van der Waals surface area contributed by atoms with E-state index in [0.717, 1.165) is 22.5 Å². The van der Waals surface area contributed by atoms with Crippen molar-refractivity contribution in [1.82, 2.24) is 0 Å². The van der Waals surface area contributed by atoms with E-state index < -0.39 is 6.10 Å². The largest absolute Gasteiger partial charge is 0.481 e. The number of nitrogens with zero attached hydrogens (tertiary/aromatic N) is 1. The number of hydrogen-bond donors (Lipinski definition) is 2. The predicted octanol–water partition coefficient (Wildman–Crippen LogP) is 2.96. The average molecular weight is 328 g/mol. The normalized spacial score (nSPS) is 11.7. The second-order valence-corrected chi connectivity index (χ2v) is 5.95. The molecule has 2 aromatic rings. The van der Waals surface area contributed by atoms with E-state index in [-0.39, 0.29) is 12.5 Å². The monoisotopic (exact) mass is 328 g/mol. The Labute approximate surface area is 142 Å². The molecule has 2 N–H and O–H groups in total. The minimum absolute atomic E-state index is 0.0603. The molecule has 0 fully saturated rings. The van der Waals surface area contributed by atoms with Crippen molar-refractivity contribution < 1.29 is 14.6 Å². The quantitative estimate of drug-likeness (QED) is 0.856. The van der Waals surface area contributed by atoms with Crippen LogP contribution in [0.5, 0.6) is 5.75 Å². The van der Waals surface area contributed by atoms with Gasteiger partial charge in [-0.3, -0.25) is 4.79 Å². The lowest BCUT2D eigenvalue weighted by molar-refractivity contribution is -0.122. The topological polar surface area (TPSA) is 61.8 Å². The SMILES string of the molecule is Cc1cc(N(C)C)ccc1NC(=O)C(C)Oc1cccc(CO)c1. The maximum atomic E-state index is 12.3. The molecule has 0 aliphatic rings. The summed E-state index contributed by atoms with van der Waals surface area (Å²) < 4.78 is 5.66. The van der Waals surface area contributed by atoms with Crippen LogP contribution in [-0.4, -0.2) is 31.2 Å². The Morgan fingerprint density at radius 1 is 1.25 bits per heavy atom. The van der Waals surface area contributed by atoms with E-state index in [2.05, 4.69) is 5.32 Å². The number of benzene rings is 2. The van der Waals surface area contributed by atoms with Crippen molar-refractivity contribution in [2.75, 3.05) is 24.3 Å². The van der Waals surface area contributed by atoms with Crippen molar-refractivity contribution in [1.29, 1.82) is 0 Å². The number of aliphatic hydroxyl groups excluding tert-OH is 1. The molecule has 0 heterocycles. The molecule has 2 aromatic carbocycles. The minimum Gasteiger partial charge on any atom is -0.481 e. The Hall–Kier alpha value is -2.53. The highest BCUT2D eigenvalue weighted by molar-refractivity contribution is 5.95. The second-order valence-electron chi connectivity index (χ2n) is 5.95. The lowest BCUT2D eigenvalue weighted by Gasteiger charge is -2.18. The first-order valence-electron chi connectivity index (χ1n) is 7.86. The minimum atomic E-state index is -0.646. The lowest BCUT2D eigenvalue weighted by Crippen LogP contribution is -2.30. The Balaban J connectivity index is 2.03. The van der Waals surface area contributed by atoms with Gasteiger partial charge in [0.05, 0.1) is 6.61 Å². The highest BCUT2D eigenvalue weighted by atomic mass is 16.5. The Bertz CT molecular complexity index is 714. The summed E-state index contributed by atoms with van der Waals surface area (Å²) in [7, 11) is 3.95. The van der Waals surface area contributed by atoms with Gasteiger partial charge in [-0.25, -0.2) is 0 Å². The molecule has 0 aliphatic carbocycles. The van der Waals surface area contributed by atoms with Crippen molar-refractivity contribution in [3.05, 3.63) is 53.6 Å². The van der Waals surface area contributed by atoms with Crippen LogP contribution >= 0.6 is 0 Å². The number of rotatable bonds is 6. The van der Waals surface area contributed by atoms with Gasteiger partial charge in [-0.15, -0.1) is 0 Å². The van der Waals surface area contributed by atoms with E-state index >= 15 is 0 Å². The van der Waals surface area contributed by atoms with E-state index in [1.165, 1.54) is 0 Å². The van der Waals surface area contributed by atoms with Gasteiger partial charge in [0.2, 0.25) is 0 Å². The number of carbonyl (C=O) groups is 1. The van der Waals surface area contributed by atoms with Gasteiger partial charge in [0.1, 0.15) is 5.75 Å². The Morgan fingerprint density at radius 2 is 2.00 bits per heavy atom. The number of aliphatic hydroxyl groups is 1. The molecular weight excluding hydrogens is 304 g/mol. The van der Waals surface area contributed by atoms with E-state index in [1.807, 2.05) is 44.1 Å². The summed E-state index contributed by atoms with van der Waals surface area (Å²) in [6.07, 6.45) is -0.646. The van der Waals surface area contributed by atoms with Crippen LogP contribution in [0.2, 0.25) is 0 Å². The van der Waals surface area contributed by atoms with Crippen LogP contribution in [0.4, 0.5) is 11.4 Å². The molecule has 0 aliphatic heterocycles. The molecule has 1 amide bonds. The van der Waals surface area contributed by atoms with Gasteiger partial charge in [-0.05, 0) is 55.3 Å². The molecule has 0 saturated carbocycles. The highest BCUT2D eigenvalue weighted by Gasteiger charge is 2.16. The van der Waals surface area contributed by atoms with Gasteiger partial charge in [-0.1, -0.05) is 12.1 Å². The molecule has 24 heavy (non-hydrogen) atoms. The van der Waals surface area contributed by atoms with Gasteiger partial charge < -0.3 is 20.1 Å². The predicted molar refractivity (Wildman–Crippen MR) is 96.6 cm³/mol. The summed E-state index contributed by atoms with van der Waals surface area (Å²) in [5.74, 6) is 0.342. The molecule has 128 valence electrons. The molecule has 1 atom stereocenters. The molecule has 2 rings (SSSR count). The van der Waals surface area contributed by atoms with E-state index in [9.17, 15) is 4.79 Å². The molecule has 5 nitrogen and oxygen atoms in total. The van der Waals surface area contributed by atoms with Crippen LogP contribution in [-0.2, 0) is 11.4 Å². The molecule has 5 heteroatoms. The molecule has 0 spiro atoms. The average Bonchev–Trinajstić information content (AvgIpc) is 2.56. The standard InChI is InChI=1S/C19H24N2O3/c1-13-10-16(21(3)4)8-9-18(13)20-19(23)14(2)24-17-7-5-6-15(11-17)12-22/h5-11,14,22H,12H2,1-4H3,(H,20,23). The summed E-state index contributed by atoms with van der Waals surface area (Å²) in [4.78, 5) is 14.4. The van der Waals surface area contributed by atoms with E-state index in [4.69, 9.17) is 9.84 Å². The first-order valence-corrected chi connectivity index (χ1v) is 7.86. The van der Waals surface area contributed by atoms with E-state index in [0.29, 0.717) is 5.75 Å². The fourth-order valence-electron chi connectivity index (χ4n) is 2.28. The number of nitrogens with one attached hydrogen (secondary N) is 1. The maximum absolute atomic E-state index is 12.3. The third-order valence-electron chi connectivity index (χ3n) is 3.75. The van der Waals surface area contributed by atoms with Crippen LogP contribution in [0, 0.1) is 6.92 Å². The van der Waals surface area contributed by atoms with Gasteiger partial charge in [0, 0.05) is 25.5 Å². The number of amides is 1. The molecule has 0 bridgehead atoms. The van der Waals surface area contributed by atoms with Crippen LogP contribution in [0.15, 0.2) is 42.5 Å². The molecule has 1 unspecified atom stereocenters. The number of ether oxygens (including phenoxy) is 1. The zero-order chi connectivity index (χ0) is 17.7. The second kappa shape index (κ2) is 7.84. The summed E-state index contributed by atoms with van der Waals surface area (Å²) >= 11 is 0. The number of carbonyl (C=O) groups excluding carboxylic acids is 1. The third kappa shape index (κ3) is 4.49. The van der Waals surface area contributed by atoms with Crippen LogP contribution in [0.1, 0.15) is 18.1 Å². The van der Waals surface area contributed by atoms with Gasteiger partial charge in [0.25, 0.3) is 5.91 Å². The van der Waals surface area contributed by atoms with Crippen molar-refractivity contribution in [2.24, 2.45) is 0 Å². The smallest absolute Gasteiger partial charge is 0.265 e. The fourth-order valence-corrected chi connectivity index (χ4v) is 2.28. The molecular formula is C19H24N2O3. The Kier molecular flexibility index (Phi) is 5.82. The van der Waals surface area contributed by atoms with Gasteiger partial charge in [0.15, 0.2) is 6.10 Å². The first-order chi connectivity index (χ1) is 11.4. The number of hydrogen-bond acceptors (Lipinski definition) is 4. The van der Waals surface area contributed by atoms with Crippen LogP contribution in [0.3, 0.4) is 0 Å². The highest BCUT2D eigenvalue weighted by Crippen LogP contribution is 2.22. The zero-order valence-corrected chi connectivity index (χ0v) is 14.5. The molecule has 0 saturated heterocycles. The van der Waals surface area contributed by atoms with Crippen molar-refractivity contribution in [3.63, 3.8) is 0 Å². The summed E-state index contributed by atoms with van der Waals surface area (Å²) in [6, 6.07) is 12.9. The lowest BCUT2D eigenvalue weighted by atomic mass is 10.1. The van der Waals surface area contributed by atoms with Gasteiger partial charge >= 0.3 is 0 Å². The third-order valence-corrected chi connectivity index (χ3v) is 3.75. The summed E-state index contributed by atoms with van der Waals surface area (Å²) in [5.41, 5.74) is 3.58. The number of aryl methyl sites for hydroxylation is 1.